The number of carbonyl (C=O) groups is 2. The molecule has 1 aliphatic carbocycles. The first-order valence-electron chi connectivity index (χ1n) is 7.71. The second-order valence-electron chi connectivity index (χ2n) is 5.36. The van der Waals surface area contributed by atoms with E-state index in [1.165, 1.54) is 12.8 Å². The van der Waals surface area contributed by atoms with Crippen LogP contribution in [0.1, 0.15) is 71.1 Å². The Bertz CT molecular complexity index is 271. The fraction of sp³-hybridized carbons (Fsp3) is 0.867. The summed E-state index contributed by atoms with van der Waals surface area (Å²) in [6.07, 6.45) is 10.9. The Labute approximate surface area is 116 Å². The molecule has 1 saturated carbocycles. The van der Waals surface area contributed by atoms with E-state index in [1.54, 1.807) is 0 Å². The molecule has 0 aromatic rings. The average Bonchev–Trinajstić information content (AvgIpc) is 2.67. The molecule has 0 bridgehead atoms. The number of hydrogen-bond donors (Lipinski definition) is 1. The monoisotopic (exact) mass is 269 g/mol. The van der Waals surface area contributed by atoms with E-state index in [0.717, 1.165) is 51.4 Å². The fourth-order valence-corrected chi connectivity index (χ4v) is 2.43. The van der Waals surface area contributed by atoms with Crippen molar-refractivity contribution in [1.82, 2.24) is 5.32 Å². The average molecular weight is 269 g/mol. The second kappa shape index (κ2) is 9.82. The van der Waals surface area contributed by atoms with Gasteiger partial charge < -0.3 is 10.1 Å². The first-order chi connectivity index (χ1) is 9.24. The Morgan fingerprint density at radius 2 is 1.74 bits per heavy atom. The van der Waals surface area contributed by atoms with Crippen molar-refractivity contribution in [2.45, 2.75) is 77.2 Å². The van der Waals surface area contributed by atoms with Gasteiger partial charge in [0.05, 0.1) is 6.61 Å². The molecule has 19 heavy (non-hydrogen) atoms. The van der Waals surface area contributed by atoms with Gasteiger partial charge in [0.1, 0.15) is 0 Å². The molecule has 1 rings (SSSR count). The molecule has 110 valence electrons. The minimum absolute atomic E-state index is 0.155. The van der Waals surface area contributed by atoms with E-state index in [-0.39, 0.29) is 6.04 Å². The van der Waals surface area contributed by atoms with E-state index >= 15 is 0 Å². The summed E-state index contributed by atoms with van der Waals surface area (Å²) in [5.74, 6) is -1.29. The van der Waals surface area contributed by atoms with Crippen LogP contribution in [0.4, 0.5) is 0 Å². The minimum atomic E-state index is -0.722. The maximum absolute atomic E-state index is 11.7. The van der Waals surface area contributed by atoms with Crippen LogP contribution in [-0.2, 0) is 14.3 Å². The molecule has 0 radical (unpaired) electrons. The summed E-state index contributed by atoms with van der Waals surface area (Å²) in [4.78, 5) is 23.2. The van der Waals surface area contributed by atoms with Gasteiger partial charge in [0.15, 0.2) is 0 Å². The maximum Gasteiger partial charge on any atom is 0.396 e. The molecule has 0 heterocycles. The largest absolute Gasteiger partial charge is 0.459 e. The third-order valence-electron chi connectivity index (χ3n) is 3.61. The van der Waals surface area contributed by atoms with Gasteiger partial charge >= 0.3 is 11.9 Å². The number of nitrogens with one attached hydrogen (secondary N) is 1. The van der Waals surface area contributed by atoms with Crippen LogP contribution in [0.2, 0.25) is 0 Å². The lowest BCUT2D eigenvalue weighted by atomic mass is 10.1. The summed E-state index contributed by atoms with van der Waals surface area (Å²) < 4.78 is 4.97. The van der Waals surface area contributed by atoms with Gasteiger partial charge in [-0.15, -0.1) is 0 Å². The highest BCUT2D eigenvalue weighted by Gasteiger charge is 2.20. The topological polar surface area (TPSA) is 55.4 Å². The first-order valence-corrected chi connectivity index (χ1v) is 7.71. The van der Waals surface area contributed by atoms with Gasteiger partial charge in [-0.3, -0.25) is 4.79 Å². The summed E-state index contributed by atoms with van der Waals surface area (Å²) in [5, 5.41) is 2.80. The van der Waals surface area contributed by atoms with Crippen molar-refractivity contribution in [3.05, 3.63) is 0 Å². The molecule has 0 aromatic heterocycles. The van der Waals surface area contributed by atoms with Crippen LogP contribution in [0.5, 0.6) is 0 Å². The summed E-state index contributed by atoms with van der Waals surface area (Å²) >= 11 is 0. The Hall–Kier alpha value is -1.06. The van der Waals surface area contributed by atoms with Gasteiger partial charge in [0.25, 0.3) is 0 Å². The van der Waals surface area contributed by atoms with E-state index in [0.29, 0.717) is 6.61 Å². The molecular formula is C15H27NO3. The van der Waals surface area contributed by atoms with E-state index in [2.05, 4.69) is 12.2 Å². The predicted octanol–water partition coefficient (Wildman–Crippen LogP) is 2.95. The molecule has 1 N–H and O–H groups in total. The lowest BCUT2D eigenvalue weighted by molar-refractivity contribution is -0.155. The number of amides is 1. The zero-order valence-corrected chi connectivity index (χ0v) is 12.1. The molecular weight excluding hydrogens is 242 g/mol. The number of ether oxygens (including phenoxy) is 1. The van der Waals surface area contributed by atoms with Gasteiger partial charge in [0.2, 0.25) is 0 Å². The smallest absolute Gasteiger partial charge is 0.396 e. The van der Waals surface area contributed by atoms with Gasteiger partial charge in [-0.25, -0.2) is 4.79 Å². The molecule has 0 atom stereocenters. The van der Waals surface area contributed by atoms with E-state index < -0.39 is 11.9 Å². The highest BCUT2D eigenvalue weighted by molar-refractivity contribution is 6.32. The molecule has 4 nitrogen and oxygen atoms in total. The highest BCUT2D eigenvalue weighted by atomic mass is 16.5. The molecule has 1 fully saturated rings. The van der Waals surface area contributed by atoms with Crippen LogP contribution in [0.3, 0.4) is 0 Å². The molecule has 0 unspecified atom stereocenters. The predicted molar refractivity (Wildman–Crippen MR) is 74.7 cm³/mol. The van der Waals surface area contributed by atoms with Crippen molar-refractivity contribution in [2.24, 2.45) is 0 Å². The molecule has 0 aromatic carbocycles. The maximum atomic E-state index is 11.7. The van der Waals surface area contributed by atoms with Crippen molar-refractivity contribution in [1.29, 1.82) is 0 Å². The third kappa shape index (κ3) is 7.19. The van der Waals surface area contributed by atoms with E-state index in [4.69, 9.17) is 4.74 Å². The van der Waals surface area contributed by atoms with Crippen LogP contribution < -0.4 is 5.32 Å². The van der Waals surface area contributed by atoms with Gasteiger partial charge in [0, 0.05) is 6.04 Å². The van der Waals surface area contributed by atoms with Gasteiger partial charge in [-0.2, -0.15) is 0 Å². The van der Waals surface area contributed by atoms with Crippen molar-refractivity contribution in [2.75, 3.05) is 6.61 Å². The number of rotatable bonds is 6. The van der Waals surface area contributed by atoms with Crippen molar-refractivity contribution < 1.29 is 14.3 Å². The summed E-state index contributed by atoms with van der Waals surface area (Å²) in [7, 11) is 0. The van der Waals surface area contributed by atoms with Crippen LogP contribution in [-0.4, -0.2) is 24.5 Å². The Morgan fingerprint density at radius 3 is 2.37 bits per heavy atom. The van der Waals surface area contributed by atoms with E-state index in [9.17, 15) is 9.59 Å². The lowest BCUT2D eigenvalue weighted by Crippen LogP contribution is -2.40. The summed E-state index contributed by atoms with van der Waals surface area (Å²) in [5.41, 5.74) is 0. The van der Waals surface area contributed by atoms with Crippen molar-refractivity contribution in [3.63, 3.8) is 0 Å². The standard InChI is InChI=1S/C15H27NO3/c1-2-3-4-9-12-19-15(18)14(17)16-13-10-7-5-6-8-11-13/h13H,2-12H2,1H3,(H,16,17). The van der Waals surface area contributed by atoms with Crippen molar-refractivity contribution in [3.8, 4) is 0 Å². The number of carbonyl (C=O) groups excluding carboxylic acids is 2. The first kappa shape index (κ1) is 16.0. The summed E-state index contributed by atoms with van der Waals surface area (Å²) in [6, 6.07) is 0.155. The Morgan fingerprint density at radius 1 is 1.05 bits per heavy atom. The normalized spacial score (nSPS) is 16.7. The van der Waals surface area contributed by atoms with Crippen LogP contribution in [0, 0.1) is 0 Å². The molecule has 0 saturated heterocycles. The summed E-state index contributed by atoms with van der Waals surface area (Å²) in [6.45, 7) is 2.49. The van der Waals surface area contributed by atoms with Crippen LogP contribution >= 0.6 is 0 Å². The molecule has 0 spiro atoms. The Kier molecular flexibility index (Phi) is 8.26. The molecule has 1 amide bonds. The van der Waals surface area contributed by atoms with E-state index in [1.807, 2.05) is 0 Å². The van der Waals surface area contributed by atoms with Gasteiger partial charge in [-0.1, -0.05) is 51.9 Å². The molecule has 4 heteroatoms. The zero-order valence-electron chi connectivity index (χ0n) is 12.1. The second-order valence-corrected chi connectivity index (χ2v) is 5.36. The number of hydrogen-bond acceptors (Lipinski definition) is 3. The number of esters is 1. The van der Waals surface area contributed by atoms with Gasteiger partial charge in [-0.05, 0) is 19.3 Å². The fourth-order valence-electron chi connectivity index (χ4n) is 2.43. The van der Waals surface area contributed by atoms with Crippen molar-refractivity contribution >= 4 is 11.9 Å². The lowest BCUT2D eigenvalue weighted by Gasteiger charge is -2.15. The SMILES string of the molecule is CCCCCCOC(=O)C(=O)NC1CCCCCC1. The quantitative estimate of drug-likeness (QED) is 0.349. The van der Waals surface area contributed by atoms with Crippen LogP contribution in [0.15, 0.2) is 0 Å². The third-order valence-corrected chi connectivity index (χ3v) is 3.61. The highest BCUT2D eigenvalue weighted by Crippen LogP contribution is 2.17. The molecule has 0 aliphatic heterocycles. The zero-order chi connectivity index (χ0) is 13.9. The minimum Gasteiger partial charge on any atom is -0.459 e. The number of unbranched alkanes of at least 4 members (excludes halogenated alkanes) is 3. The van der Waals surface area contributed by atoms with Crippen LogP contribution in [0.25, 0.3) is 0 Å². The molecule has 1 aliphatic rings. The Balaban J connectivity index is 2.14.